The number of aromatic nitrogens is 2. The van der Waals surface area contributed by atoms with E-state index < -0.39 is 0 Å². The van der Waals surface area contributed by atoms with Crippen LogP contribution < -0.4 is 16.4 Å². The summed E-state index contributed by atoms with van der Waals surface area (Å²) in [4.78, 5) is 24.7. The summed E-state index contributed by atoms with van der Waals surface area (Å²) < 4.78 is 0. The molecule has 4 N–H and O–H groups in total. The molecule has 1 aliphatic rings. The molecule has 146 valence electrons. The van der Waals surface area contributed by atoms with Crippen LogP contribution in [0.15, 0.2) is 59.9 Å². The van der Waals surface area contributed by atoms with E-state index in [0.717, 1.165) is 28.6 Å². The lowest BCUT2D eigenvalue weighted by atomic mass is 10.0. The van der Waals surface area contributed by atoms with Gasteiger partial charge in [-0.2, -0.15) is 0 Å². The Bertz CT molecular complexity index is 1090. The van der Waals surface area contributed by atoms with Crippen molar-refractivity contribution in [2.24, 2.45) is 4.99 Å². The van der Waals surface area contributed by atoms with Crippen LogP contribution in [0.4, 0.5) is 11.5 Å². The number of nitrogens with two attached hydrogens (primary N) is 1. The summed E-state index contributed by atoms with van der Waals surface area (Å²) >= 11 is 0. The highest BCUT2D eigenvalue weighted by molar-refractivity contribution is 5.97. The predicted molar refractivity (Wildman–Crippen MR) is 117 cm³/mol. The van der Waals surface area contributed by atoms with Crippen molar-refractivity contribution < 1.29 is 4.79 Å². The molecular weight excluding hydrogens is 364 g/mol. The first-order valence-electron chi connectivity index (χ1n) is 9.52. The quantitative estimate of drug-likeness (QED) is 0.542. The lowest BCUT2D eigenvalue weighted by Crippen LogP contribution is -2.25. The van der Waals surface area contributed by atoms with Crippen molar-refractivity contribution in [3.8, 4) is 0 Å². The molecule has 0 saturated carbocycles. The van der Waals surface area contributed by atoms with Gasteiger partial charge < -0.3 is 16.4 Å². The third-order valence-electron chi connectivity index (χ3n) is 4.72. The largest absolute Gasteiger partial charge is 0.384 e. The third kappa shape index (κ3) is 4.40. The monoisotopic (exact) mass is 386 g/mol. The third-order valence-corrected chi connectivity index (χ3v) is 4.72. The van der Waals surface area contributed by atoms with E-state index in [1.807, 2.05) is 24.4 Å². The van der Waals surface area contributed by atoms with Gasteiger partial charge in [-0.1, -0.05) is 12.1 Å². The number of pyridine rings is 2. The van der Waals surface area contributed by atoms with Crippen molar-refractivity contribution in [2.75, 3.05) is 30.7 Å². The minimum atomic E-state index is -0.116. The van der Waals surface area contributed by atoms with Crippen LogP contribution in [0.1, 0.15) is 22.3 Å². The van der Waals surface area contributed by atoms with Crippen molar-refractivity contribution >= 4 is 40.1 Å². The first-order chi connectivity index (χ1) is 14.2. The van der Waals surface area contributed by atoms with E-state index in [1.165, 1.54) is 5.57 Å². The predicted octanol–water partition coefficient (Wildman–Crippen LogP) is 2.91. The van der Waals surface area contributed by atoms with E-state index in [9.17, 15) is 4.79 Å². The van der Waals surface area contributed by atoms with Gasteiger partial charge in [-0.25, -0.2) is 4.98 Å². The number of rotatable bonds is 7. The van der Waals surface area contributed by atoms with Gasteiger partial charge in [0.1, 0.15) is 5.82 Å². The van der Waals surface area contributed by atoms with Crippen LogP contribution in [0.5, 0.6) is 0 Å². The zero-order chi connectivity index (χ0) is 20.1. The van der Waals surface area contributed by atoms with Gasteiger partial charge in [-0.05, 0) is 41.8 Å². The van der Waals surface area contributed by atoms with Crippen LogP contribution in [-0.4, -0.2) is 41.7 Å². The van der Waals surface area contributed by atoms with Gasteiger partial charge in [0.2, 0.25) is 0 Å². The Hall–Kier alpha value is -3.74. The summed E-state index contributed by atoms with van der Waals surface area (Å²) in [5.41, 5.74) is 10.6. The van der Waals surface area contributed by atoms with Crippen molar-refractivity contribution in [3.05, 3.63) is 66.0 Å². The molecule has 0 fully saturated rings. The van der Waals surface area contributed by atoms with E-state index in [-0.39, 0.29) is 5.91 Å². The first-order valence-corrected chi connectivity index (χ1v) is 9.52. The van der Waals surface area contributed by atoms with Crippen LogP contribution in [0.2, 0.25) is 0 Å². The minimum Gasteiger partial charge on any atom is -0.384 e. The number of nitrogen functional groups attached to an aromatic ring is 1. The van der Waals surface area contributed by atoms with Crippen molar-refractivity contribution in [1.82, 2.24) is 15.3 Å². The summed E-state index contributed by atoms with van der Waals surface area (Å²) in [5.74, 6) is 0.355. The molecule has 0 unspecified atom stereocenters. The molecule has 3 aromatic rings. The number of carbonyl (C=O) groups is 1. The Morgan fingerprint density at radius 2 is 2.10 bits per heavy atom. The number of anilines is 2. The number of hydrogen-bond donors (Lipinski definition) is 3. The summed E-state index contributed by atoms with van der Waals surface area (Å²) in [5, 5.41) is 7.32. The van der Waals surface area contributed by atoms with E-state index in [2.05, 4.69) is 37.7 Å². The number of amides is 1. The number of carbonyl (C=O) groups excluding carboxylic acids is 1. The Kier molecular flexibility index (Phi) is 5.47. The first kappa shape index (κ1) is 18.6. The highest BCUT2D eigenvalue weighted by atomic mass is 16.1. The van der Waals surface area contributed by atoms with Crippen LogP contribution in [0.25, 0.3) is 16.5 Å². The summed E-state index contributed by atoms with van der Waals surface area (Å²) in [7, 11) is 0. The average molecular weight is 386 g/mol. The molecule has 4 rings (SSSR count). The molecule has 1 amide bonds. The van der Waals surface area contributed by atoms with Crippen molar-refractivity contribution in [1.29, 1.82) is 0 Å². The van der Waals surface area contributed by atoms with Crippen molar-refractivity contribution in [3.63, 3.8) is 0 Å². The molecule has 0 saturated heterocycles. The zero-order valence-corrected chi connectivity index (χ0v) is 15.9. The van der Waals surface area contributed by atoms with E-state index >= 15 is 0 Å². The molecule has 0 atom stereocenters. The van der Waals surface area contributed by atoms with Crippen LogP contribution in [0, 0.1) is 0 Å². The van der Waals surface area contributed by atoms with Gasteiger partial charge in [0.15, 0.2) is 0 Å². The number of benzene rings is 1. The van der Waals surface area contributed by atoms with Crippen LogP contribution >= 0.6 is 0 Å². The molecule has 0 aliphatic carbocycles. The second kappa shape index (κ2) is 8.52. The van der Waals surface area contributed by atoms with Gasteiger partial charge >= 0.3 is 0 Å². The number of nitrogens with one attached hydrogen (secondary N) is 2. The number of hydrogen-bond acceptors (Lipinski definition) is 6. The molecule has 0 bridgehead atoms. The Morgan fingerprint density at radius 3 is 2.90 bits per heavy atom. The second-order valence-electron chi connectivity index (χ2n) is 6.79. The van der Waals surface area contributed by atoms with E-state index in [1.54, 1.807) is 24.5 Å². The molecule has 3 heterocycles. The van der Waals surface area contributed by atoms with Crippen molar-refractivity contribution in [2.45, 2.75) is 6.42 Å². The zero-order valence-electron chi connectivity index (χ0n) is 15.9. The highest BCUT2D eigenvalue weighted by Crippen LogP contribution is 2.28. The molecule has 2 aromatic heterocycles. The van der Waals surface area contributed by atoms with Gasteiger partial charge in [-0.15, -0.1) is 0 Å². The summed E-state index contributed by atoms with van der Waals surface area (Å²) in [6.45, 7) is 1.97. The average Bonchev–Trinajstić information content (AvgIpc) is 3.28. The molecular formula is C22H22N6O. The Labute approximate surface area is 168 Å². The number of allylic oxidation sites excluding steroid dienone is 1. The van der Waals surface area contributed by atoms with Gasteiger partial charge in [0.05, 0.1) is 17.6 Å². The number of fused-ring (bicyclic) bond motifs is 1. The number of aliphatic imine (C=N–C) groups is 1. The topological polar surface area (TPSA) is 105 Å². The number of nitrogens with zero attached hydrogens (tertiary/aromatic N) is 3. The Balaban J connectivity index is 1.37. The normalized spacial score (nSPS) is 12.8. The van der Waals surface area contributed by atoms with Gasteiger partial charge in [0.25, 0.3) is 5.91 Å². The highest BCUT2D eigenvalue weighted by Gasteiger charge is 2.09. The lowest BCUT2D eigenvalue weighted by molar-refractivity contribution is 0.0953. The fourth-order valence-electron chi connectivity index (χ4n) is 3.24. The smallest absolute Gasteiger partial charge is 0.252 e. The molecule has 29 heavy (non-hydrogen) atoms. The lowest BCUT2D eigenvalue weighted by Gasteiger charge is -2.12. The van der Waals surface area contributed by atoms with Gasteiger partial charge in [-0.3, -0.25) is 14.8 Å². The molecule has 0 radical (unpaired) electrons. The maximum atomic E-state index is 12.0. The molecule has 7 nitrogen and oxygen atoms in total. The summed E-state index contributed by atoms with van der Waals surface area (Å²) in [6.07, 6.45) is 7.82. The van der Waals surface area contributed by atoms with E-state index in [4.69, 9.17) is 5.73 Å². The van der Waals surface area contributed by atoms with Crippen LogP contribution in [-0.2, 0) is 0 Å². The SMILES string of the molecule is Nc1cc(NCCCNC(=O)c2cccnc2)c2ccc(C3=CC=NC3)cc2n1. The molecule has 0 spiro atoms. The van der Waals surface area contributed by atoms with E-state index in [0.29, 0.717) is 31.0 Å². The fourth-order valence-corrected chi connectivity index (χ4v) is 3.24. The van der Waals surface area contributed by atoms with Gasteiger partial charge in [0, 0.05) is 48.8 Å². The maximum absolute atomic E-state index is 12.0. The Morgan fingerprint density at radius 1 is 1.17 bits per heavy atom. The maximum Gasteiger partial charge on any atom is 0.252 e. The van der Waals surface area contributed by atoms with Crippen LogP contribution in [0.3, 0.4) is 0 Å². The molecule has 1 aliphatic heterocycles. The minimum absolute atomic E-state index is 0.116. The molecule has 1 aromatic carbocycles. The summed E-state index contributed by atoms with van der Waals surface area (Å²) in [6, 6.07) is 11.5. The fraction of sp³-hybridized carbons (Fsp3) is 0.182. The molecule has 7 heteroatoms. The second-order valence-corrected chi connectivity index (χ2v) is 6.79. The standard InChI is InChI=1S/C22H22N6O/c23-21-12-19(26-8-2-9-27-22(29)17-3-1-7-24-14-17)18-5-4-15(11-20(18)28-21)16-6-10-25-13-16/h1,3-7,10-12,14H,2,8-9,13H2,(H,27,29)(H3,23,26,28).